The SMILES string of the molecule is CCCCCNC(=O)c1ccc(Cl)c(S(=O)(=O)Nc2cccc(C)c2)c1. The molecule has 2 rings (SSSR count). The highest BCUT2D eigenvalue weighted by atomic mass is 35.5. The predicted octanol–water partition coefficient (Wildman–Crippen LogP) is 4.37. The van der Waals surface area contributed by atoms with E-state index >= 15 is 0 Å². The predicted molar refractivity (Wildman–Crippen MR) is 105 cm³/mol. The van der Waals surface area contributed by atoms with Gasteiger partial charge >= 0.3 is 0 Å². The van der Waals surface area contributed by atoms with Gasteiger partial charge in [-0.1, -0.05) is 43.5 Å². The third kappa shape index (κ3) is 5.47. The van der Waals surface area contributed by atoms with E-state index in [9.17, 15) is 13.2 Å². The number of sulfonamides is 1. The van der Waals surface area contributed by atoms with Crippen molar-refractivity contribution in [2.75, 3.05) is 11.3 Å². The van der Waals surface area contributed by atoms with Crippen molar-refractivity contribution < 1.29 is 13.2 Å². The Morgan fingerprint density at radius 1 is 1.12 bits per heavy atom. The molecule has 0 fully saturated rings. The third-order valence-corrected chi connectivity index (χ3v) is 5.68. The second-order valence-electron chi connectivity index (χ2n) is 6.08. The maximum atomic E-state index is 12.7. The zero-order valence-corrected chi connectivity index (χ0v) is 16.5. The molecule has 0 aliphatic rings. The van der Waals surface area contributed by atoms with Gasteiger partial charge in [0.2, 0.25) is 0 Å². The molecular formula is C19H23ClN2O3S. The Bertz CT molecular complexity index is 882. The van der Waals surface area contributed by atoms with Crippen molar-refractivity contribution in [3.05, 3.63) is 58.6 Å². The topological polar surface area (TPSA) is 75.3 Å². The molecule has 2 N–H and O–H groups in total. The summed E-state index contributed by atoms with van der Waals surface area (Å²) in [5.74, 6) is -0.315. The normalized spacial score (nSPS) is 11.2. The van der Waals surface area contributed by atoms with Crippen molar-refractivity contribution in [3.8, 4) is 0 Å². The first kappa shape index (κ1) is 20.3. The van der Waals surface area contributed by atoms with Crippen molar-refractivity contribution in [2.45, 2.75) is 38.0 Å². The molecule has 0 unspecified atom stereocenters. The van der Waals surface area contributed by atoms with Crippen molar-refractivity contribution in [2.24, 2.45) is 0 Å². The maximum absolute atomic E-state index is 12.7. The molecule has 2 aromatic rings. The van der Waals surface area contributed by atoms with E-state index < -0.39 is 10.0 Å². The van der Waals surface area contributed by atoms with E-state index in [0.29, 0.717) is 12.2 Å². The number of benzene rings is 2. The Balaban J connectivity index is 2.21. The number of anilines is 1. The minimum absolute atomic E-state index is 0.0627. The molecule has 0 saturated carbocycles. The molecule has 26 heavy (non-hydrogen) atoms. The van der Waals surface area contributed by atoms with Gasteiger partial charge in [-0.15, -0.1) is 0 Å². The van der Waals surface area contributed by atoms with Gasteiger partial charge in [0, 0.05) is 17.8 Å². The largest absolute Gasteiger partial charge is 0.352 e. The van der Waals surface area contributed by atoms with Crippen LogP contribution < -0.4 is 10.0 Å². The average Bonchev–Trinajstić information content (AvgIpc) is 2.58. The Hall–Kier alpha value is -2.05. The first-order valence-corrected chi connectivity index (χ1v) is 10.4. The molecule has 0 spiro atoms. The minimum Gasteiger partial charge on any atom is -0.352 e. The Morgan fingerprint density at radius 3 is 2.58 bits per heavy atom. The van der Waals surface area contributed by atoms with Gasteiger partial charge in [0.05, 0.1) is 5.02 Å². The van der Waals surface area contributed by atoms with E-state index in [-0.39, 0.29) is 21.4 Å². The zero-order valence-electron chi connectivity index (χ0n) is 14.9. The molecule has 0 bridgehead atoms. The highest BCUT2D eigenvalue weighted by Gasteiger charge is 2.20. The quantitative estimate of drug-likeness (QED) is 0.653. The molecule has 0 radical (unpaired) electrons. The van der Waals surface area contributed by atoms with Gasteiger partial charge in [-0.3, -0.25) is 9.52 Å². The lowest BCUT2D eigenvalue weighted by Crippen LogP contribution is -2.25. The first-order valence-electron chi connectivity index (χ1n) is 8.50. The van der Waals surface area contributed by atoms with E-state index in [2.05, 4.69) is 17.0 Å². The summed E-state index contributed by atoms with van der Waals surface area (Å²) in [4.78, 5) is 12.1. The van der Waals surface area contributed by atoms with E-state index in [1.807, 2.05) is 13.0 Å². The minimum atomic E-state index is -3.91. The summed E-state index contributed by atoms with van der Waals surface area (Å²) >= 11 is 6.08. The van der Waals surface area contributed by atoms with Crippen molar-refractivity contribution in [3.63, 3.8) is 0 Å². The Kier molecular flexibility index (Phi) is 7.06. The number of unbranched alkanes of at least 4 members (excludes halogenated alkanes) is 2. The summed E-state index contributed by atoms with van der Waals surface area (Å²) in [7, 11) is -3.91. The second-order valence-corrected chi connectivity index (χ2v) is 8.14. The van der Waals surface area contributed by atoms with Crippen LogP contribution in [0.3, 0.4) is 0 Å². The van der Waals surface area contributed by atoms with Gasteiger partial charge in [0.1, 0.15) is 4.90 Å². The number of hydrogen-bond acceptors (Lipinski definition) is 3. The molecule has 0 heterocycles. The third-order valence-electron chi connectivity index (χ3n) is 3.82. The van der Waals surface area contributed by atoms with Gasteiger partial charge in [0.15, 0.2) is 0 Å². The fraction of sp³-hybridized carbons (Fsp3) is 0.316. The molecule has 7 heteroatoms. The van der Waals surface area contributed by atoms with Crippen LogP contribution in [0.25, 0.3) is 0 Å². The number of nitrogens with one attached hydrogen (secondary N) is 2. The fourth-order valence-corrected chi connectivity index (χ4v) is 4.02. The van der Waals surface area contributed by atoms with Crippen LogP contribution in [0, 0.1) is 6.92 Å². The smallest absolute Gasteiger partial charge is 0.263 e. The van der Waals surface area contributed by atoms with Crippen LogP contribution in [0.15, 0.2) is 47.4 Å². The van der Waals surface area contributed by atoms with E-state index in [1.54, 1.807) is 18.2 Å². The molecule has 2 aromatic carbocycles. The van der Waals surface area contributed by atoms with Crippen molar-refractivity contribution >= 4 is 33.2 Å². The highest BCUT2D eigenvalue weighted by Crippen LogP contribution is 2.25. The Labute approximate surface area is 159 Å². The molecule has 5 nitrogen and oxygen atoms in total. The summed E-state index contributed by atoms with van der Waals surface area (Å²) in [6.07, 6.45) is 2.97. The van der Waals surface area contributed by atoms with E-state index in [4.69, 9.17) is 11.6 Å². The van der Waals surface area contributed by atoms with Crippen LogP contribution >= 0.6 is 11.6 Å². The van der Waals surface area contributed by atoms with Crippen molar-refractivity contribution in [1.29, 1.82) is 0 Å². The monoisotopic (exact) mass is 394 g/mol. The summed E-state index contributed by atoms with van der Waals surface area (Å²) in [5.41, 5.74) is 1.63. The van der Waals surface area contributed by atoms with Crippen LogP contribution in [0.1, 0.15) is 42.1 Å². The standard InChI is InChI=1S/C19H23ClN2O3S/c1-3-4-5-11-21-19(23)15-9-10-17(20)18(13-15)26(24,25)22-16-8-6-7-14(2)12-16/h6-10,12-13,22H,3-5,11H2,1-2H3,(H,21,23). The number of halogens is 1. The number of carbonyl (C=O) groups is 1. The molecule has 0 saturated heterocycles. The van der Waals surface area contributed by atoms with Gasteiger partial charge < -0.3 is 5.32 Å². The number of rotatable bonds is 8. The average molecular weight is 395 g/mol. The lowest BCUT2D eigenvalue weighted by atomic mass is 10.2. The summed E-state index contributed by atoms with van der Waals surface area (Å²) in [5, 5.41) is 2.85. The summed E-state index contributed by atoms with van der Waals surface area (Å²) < 4.78 is 27.9. The van der Waals surface area contributed by atoms with E-state index in [0.717, 1.165) is 24.8 Å². The van der Waals surface area contributed by atoms with Crippen LogP contribution in [0.4, 0.5) is 5.69 Å². The van der Waals surface area contributed by atoms with Gasteiger partial charge in [0.25, 0.3) is 15.9 Å². The number of hydrogen-bond donors (Lipinski definition) is 2. The fourth-order valence-electron chi connectivity index (χ4n) is 2.45. The number of amides is 1. The van der Waals surface area contributed by atoms with E-state index in [1.165, 1.54) is 18.2 Å². The van der Waals surface area contributed by atoms with Crippen LogP contribution in [-0.2, 0) is 10.0 Å². The number of aryl methyl sites for hydroxylation is 1. The molecule has 0 aliphatic heterocycles. The summed E-state index contributed by atoms with van der Waals surface area (Å²) in [6, 6.07) is 11.2. The van der Waals surface area contributed by atoms with Gasteiger partial charge in [-0.05, 0) is 49.2 Å². The Morgan fingerprint density at radius 2 is 1.88 bits per heavy atom. The van der Waals surface area contributed by atoms with Crippen molar-refractivity contribution in [1.82, 2.24) is 5.32 Å². The van der Waals surface area contributed by atoms with Crippen LogP contribution in [-0.4, -0.2) is 20.9 Å². The molecule has 0 atom stereocenters. The zero-order chi connectivity index (χ0) is 19.2. The van der Waals surface area contributed by atoms with Crippen LogP contribution in [0.5, 0.6) is 0 Å². The molecule has 140 valence electrons. The first-order chi connectivity index (χ1) is 12.3. The summed E-state index contributed by atoms with van der Waals surface area (Å²) in [6.45, 7) is 4.51. The lowest BCUT2D eigenvalue weighted by Gasteiger charge is -2.12. The maximum Gasteiger partial charge on any atom is 0.263 e. The molecular weight excluding hydrogens is 372 g/mol. The lowest BCUT2D eigenvalue weighted by molar-refractivity contribution is 0.0952. The molecule has 0 aromatic heterocycles. The van der Waals surface area contributed by atoms with Gasteiger partial charge in [-0.25, -0.2) is 8.42 Å². The molecule has 0 aliphatic carbocycles. The van der Waals surface area contributed by atoms with Gasteiger partial charge in [-0.2, -0.15) is 0 Å². The highest BCUT2D eigenvalue weighted by molar-refractivity contribution is 7.92. The second kappa shape index (κ2) is 9.05. The molecule has 1 amide bonds. The van der Waals surface area contributed by atoms with Crippen LogP contribution in [0.2, 0.25) is 5.02 Å². The number of carbonyl (C=O) groups excluding carboxylic acids is 1.